The van der Waals surface area contributed by atoms with Gasteiger partial charge in [0.05, 0.1) is 22.1 Å². The van der Waals surface area contributed by atoms with Crippen molar-refractivity contribution in [2.45, 2.75) is 152 Å². The molecule has 4 aliphatic carbocycles. The highest BCUT2D eigenvalue weighted by Crippen LogP contribution is 2.52. The lowest BCUT2D eigenvalue weighted by molar-refractivity contribution is 0.435. The van der Waals surface area contributed by atoms with Crippen LogP contribution in [-0.4, -0.2) is 9.13 Å². The number of hydrogen-bond donors (Lipinski definition) is 0. The van der Waals surface area contributed by atoms with E-state index in [1.54, 1.807) is 0 Å². The van der Waals surface area contributed by atoms with Crippen LogP contribution in [0.2, 0.25) is 0 Å². The predicted octanol–water partition coefficient (Wildman–Crippen LogP) is 28.7. The Morgan fingerprint density at radius 1 is 0.206 bits per heavy atom. The van der Waals surface area contributed by atoms with Crippen molar-refractivity contribution >= 4 is 99.3 Å². The van der Waals surface area contributed by atoms with Gasteiger partial charge in [-0.15, -0.1) is 0 Å². The zero-order valence-corrected chi connectivity index (χ0v) is 58.8. The van der Waals surface area contributed by atoms with Gasteiger partial charge < -0.3 is 18.9 Å². The van der Waals surface area contributed by atoms with E-state index in [1.807, 2.05) is 0 Å². The first-order valence-corrected chi connectivity index (χ1v) is 38.8. The van der Waals surface area contributed by atoms with Gasteiger partial charge in [-0.05, 0) is 262 Å². The van der Waals surface area contributed by atoms with Gasteiger partial charge in [-0.3, -0.25) is 0 Å². The van der Waals surface area contributed by atoms with Crippen molar-refractivity contribution in [2.24, 2.45) is 0 Å². The van der Waals surface area contributed by atoms with Crippen molar-refractivity contribution in [1.29, 1.82) is 0 Å². The highest BCUT2D eigenvalue weighted by Gasteiger charge is 2.30. The summed E-state index contributed by atoms with van der Waals surface area (Å²) in [6.07, 6.45) is 25.8. The number of para-hydroxylation sites is 4. The van der Waals surface area contributed by atoms with Gasteiger partial charge in [0.25, 0.3) is 0 Å². The van der Waals surface area contributed by atoms with Crippen molar-refractivity contribution in [2.75, 3.05) is 9.80 Å². The zero-order chi connectivity index (χ0) is 67.5. The van der Waals surface area contributed by atoms with E-state index >= 15 is 0 Å². The van der Waals surface area contributed by atoms with E-state index in [9.17, 15) is 0 Å². The molecule has 19 rings (SSSR count). The van der Waals surface area contributed by atoms with Gasteiger partial charge in [0.15, 0.2) is 0 Å². The molecular weight excluding hydrogens is 1230 g/mol. The van der Waals surface area contributed by atoms with Gasteiger partial charge in [-0.25, -0.2) is 0 Å². The number of benzene rings is 13. The van der Waals surface area contributed by atoms with E-state index in [1.165, 1.54) is 272 Å². The van der Waals surface area contributed by atoms with Crippen molar-refractivity contribution in [3.63, 3.8) is 0 Å². The third-order valence-electron chi connectivity index (χ3n) is 24.3. The summed E-state index contributed by atoms with van der Waals surface area (Å²) in [7, 11) is 0. The van der Waals surface area contributed by atoms with Crippen LogP contribution in [0.15, 0.2) is 279 Å². The largest absolute Gasteiger partial charge is 0.310 e. The van der Waals surface area contributed by atoms with E-state index in [2.05, 4.69) is 298 Å². The second-order valence-electron chi connectivity index (χ2n) is 30.4. The third kappa shape index (κ3) is 11.5. The van der Waals surface area contributed by atoms with Crippen LogP contribution in [0.25, 0.3) is 98.8 Å². The highest BCUT2D eigenvalue weighted by atomic mass is 15.2. The van der Waals surface area contributed by atoms with Crippen LogP contribution in [0.5, 0.6) is 0 Å². The fourth-order valence-corrected chi connectivity index (χ4v) is 19.4. The Bertz CT molecular complexity index is 5140. The first kappa shape index (κ1) is 62.6. The SMILES string of the molecule is c1ccc(-c2c3ccc(N(c4cc(C5CCCCC5)cc(C5CCCCC5)c4)c4ccc5c(c4)c4ccccc4n5-c4ccccc4)cc3c(-c3ccccc3)c3ccc(N(c4cc(C5CCCCC5)cc(C5CCCCC5)c4)c4ccc5c(c4)c4ccccc4n5-c4ccccc4)cc23)cc1. The standard InChI is InChI=1S/C98H90N4/c1-9-29-67(30-10-1)73-57-74(68-31-11-2-12-32-68)60-83(59-73)99(81-51-55-95-89(63-81)85-45-25-27-47-93(85)101(95)77-41-21-7-22-42-77)79-49-53-87-91(65-79)97(71-37-17-5-18-38-71)88-54-50-80(66-92(88)98(87)72-39-19-6-20-40-72)100(84-61-75(69-33-13-3-14-34-69)58-76(62-84)70-35-15-4-16-36-70)82-52-56-96-90(64-82)86-46-26-28-48-94(86)102(96)78-43-23-8-24-44-78/h5-8,17-28,37-70H,1-4,9-16,29-36H2. The van der Waals surface area contributed by atoms with Gasteiger partial charge in [0, 0.05) is 67.0 Å². The van der Waals surface area contributed by atoms with Crippen LogP contribution < -0.4 is 9.80 Å². The summed E-state index contributed by atoms with van der Waals surface area (Å²) < 4.78 is 4.92. The molecule has 2 aromatic heterocycles. The Morgan fingerprint density at radius 2 is 0.490 bits per heavy atom. The maximum Gasteiger partial charge on any atom is 0.0542 e. The van der Waals surface area contributed by atoms with Crippen LogP contribution in [0.4, 0.5) is 34.1 Å². The van der Waals surface area contributed by atoms with E-state index in [0.29, 0.717) is 23.7 Å². The van der Waals surface area contributed by atoms with Crippen LogP contribution in [-0.2, 0) is 0 Å². The van der Waals surface area contributed by atoms with Gasteiger partial charge in [-0.2, -0.15) is 0 Å². The van der Waals surface area contributed by atoms with Crippen LogP contribution in [0, 0.1) is 0 Å². The fourth-order valence-electron chi connectivity index (χ4n) is 19.4. The van der Waals surface area contributed by atoms with Gasteiger partial charge in [0.2, 0.25) is 0 Å². The minimum atomic E-state index is 0.556. The Balaban J connectivity index is 0.865. The van der Waals surface area contributed by atoms with Gasteiger partial charge in [0.1, 0.15) is 0 Å². The average Bonchev–Trinajstić information content (AvgIpc) is 1.50. The number of anilines is 6. The summed E-state index contributed by atoms with van der Waals surface area (Å²) in [5.74, 6) is 2.22. The molecule has 4 heteroatoms. The molecule has 0 radical (unpaired) electrons. The molecule has 15 aromatic rings. The van der Waals surface area contributed by atoms with Crippen molar-refractivity contribution in [3.8, 4) is 33.6 Å². The number of rotatable bonds is 14. The maximum atomic E-state index is 2.66. The highest BCUT2D eigenvalue weighted by molar-refractivity contribution is 6.23. The van der Waals surface area contributed by atoms with Crippen LogP contribution in [0.1, 0.15) is 174 Å². The first-order valence-electron chi connectivity index (χ1n) is 38.8. The van der Waals surface area contributed by atoms with Crippen molar-refractivity contribution < 1.29 is 0 Å². The molecule has 0 saturated heterocycles. The quantitative estimate of drug-likeness (QED) is 0.101. The zero-order valence-electron chi connectivity index (χ0n) is 58.8. The molecular formula is C98H90N4. The van der Waals surface area contributed by atoms with Crippen LogP contribution in [0.3, 0.4) is 0 Å². The fraction of sp³-hybridized carbons (Fsp3) is 0.245. The second-order valence-corrected chi connectivity index (χ2v) is 30.4. The molecule has 0 N–H and O–H groups in total. The predicted molar refractivity (Wildman–Crippen MR) is 434 cm³/mol. The lowest BCUT2D eigenvalue weighted by Crippen LogP contribution is -2.14. The molecule has 0 bridgehead atoms. The van der Waals surface area contributed by atoms with E-state index in [4.69, 9.17) is 0 Å². The molecule has 0 unspecified atom stereocenters. The second kappa shape index (κ2) is 27.2. The molecule has 13 aromatic carbocycles. The summed E-state index contributed by atoms with van der Waals surface area (Å²) in [6, 6.07) is 108. The lowest BCUT2D eigenvalue weighted by atomic mass is 9.79. The summed E-state index contributed by atoms with van der Waals surface area (Å²) >= 11 is 0. The smallest absolute Gasteiger partial charge is 0.0542 e. The molecule has 0 atom stereocenters. The minimum absolute atomic E-state index is 0.556. The molecule has 2 heterocycles. The van der Waals surface area contributed by atoms with E-state index < -0.39 is 0 Å². The third-order valence-corrected chi connectivity index (χ3v) is 24.3. The number of nitrogens with zero attached hydrogens (tertiary/aromatic N) is 4. The van der Waals surface area contributed by atoms with Crippen molar-refractivity contribution in [3.05, 3.63) is 301 Å². The van der Waals surface area contributed by atoms with E-state index in [0.717, 1.165) is 11.4 Å². The average molecular weight is 1320 g/mol. The summed E-state index contributed by atoms with van der Waals surface area (Å²) in [5, 5.41) is 10.0. The summed E-state index contributed by atoms with van der Waals surface area (Å²) in [5.41, 5.74) is 25.5. The summed E-state index contributed by atoms with van der Waals surface area (Å²) in [4.78, 5) is 5.32. The van der Waals surface area contributed by atoms with Crippen molar-refractivity contribution in [1.82, 2.24) is 9.13 Å². The molecule has 102 heavy (non-hydrogen) atoms. The molecule has 4 aliphatic rings. The molecule has 0 spiro atoms. The molecule has 4 nitrogen and oxygen atoms in total. The lowest BCUT2D eigenvalue weighted by Gasteiger charge is -2.32. The Labute approximate surface area is 601 Å². The number of aromatic nitrogens is 2. The molecule has 0 aliphatic heterocycles. The first-order chi connectivity index (χ1) is 50.6. The molecule has 502 valence electrons. The Kier molecular flexibility index (Phi) is 16.7. The monoisotopic (exact) mass is 1320 g/mol. The number of hydrogen-bond acceptors (Lipinski definition) is 2. The maximum absolute atomic E-state index is 2.66. The normalized spacial score (nSPS) is 16.1. The van der Waals surface area contributed by atoms with Gasteiger partial charge in [-0.1, -0.05) is 235 Å². The molecule has 0 amide bonds. The van der Waals surface area contributed by atoms with E-state index in [-0.39, 0.29) is 0 Å². The topological polar surface area (TPSA) is 16.3 Å². The Morgan fingerprint density at radius 3 is 0.833 bits per heavy atom. The number of fused-ring (bicyclic) bond motifs is 8. The van der Waals surface area contributed by atoms with Crippen LogP contribution >= 0.6 is 0 Å². The van der Waals surface area contributed by atoms with Gasteiger partial charge >= 0.3 is 0 Å². The summed E-state index contributed by atoms with van der Waals surface area (Å²) in [6.45, 7) is 0. The molecule has 4 saturated carbocycles. The Hall–Kier alpha value is -10.4. The minimum Gasteiger partial charge on any atom is -0.310 e. The molecule has 4 fully saturated rings.